The summed E-state index contributed by atoms with van der Waals surface area (Å²) in [6.07, 6.45) is 1.63. The van der Waals surface area contributed by atoms with Gasteiger partial charge in [0.15, 0.2) is 0 Å². The van der Waals surface area contributed by atoms with E-state index in [0.29, 0.717) is 6.54 Å². The molecule has 1 heterocycles. The van der Waals surface area contributed by atoms with Crippen molar-refractivity contribution in [1.29, 1.82) is 0 Å². The minimum Gasteiger partial charge on any atom is -0.444 e. The van der Waals surface area contributed by atoms with Crippen molar-refractivity contribution < 1.29 is 9.53 Å². The highest BCUT2D eigenvalue weighted by atomic mass is 16.6. The van der Waals surface area contributed by atoms with Crippen molar-refractivity contribution >= 4 is 6.09 Å². The number of nitrogens with one attached hydrogen (secondary N) is 2. The van der Waals surface area contributed by atoms with E-state index in [1.807, 2.05) is 26.8 Å². The fraction of sp³-hybridized carbons (Fsp3) is 0.562. The fourth-order valence-corrected chi connectivity index (χ4v) is 2.48. The number of carbonyl (C=O) groups excluding carboxylic acids is 1. The maximum absolute atomic E-state index is 11.6. The molecule has 2 N–H and O–H groups in total. The molecule has 110 valence electrons. The van der Waals surface area contributed by atoms with Crippen LogP contribution in [0, 0.1) is 0 Å². The Balaban J connectivity index is 1.85. The topological polar surface area (TPSA) is 50.4 Å². The van der Waals surface area contributed by atoms with Crippen molar-refractivity contribution in [3.63, 3.8) is 0 Å². The van der Waals surface area contributed by atoms with Gasteiger partial charge >= 0.3 is 6.09 Å². The Labute approximate surface area is 120 Å². The summed E-state index contributed by atoms with van der Waals surface area (Å²) in [5.74, 6) is 0. The lowest BCUT2D eigenvalue weighted by Gasteiger charge is -2.44. The smallest absolute Gasteiger partial charge is 0.407 e. The average molecular weight is 276 g/mol. The highest BCUT2D eigenvalue weighted by molar-refractivity contribution is 5.67. The van der Waals surface area contributed by atoms with E-state index in [-0.39, 0.29) is 11.6 Å². The fourth-order valence-electron chi connectivity index (χ4n) is 2.48. The van der Waals surface area contributed by atoms with Crippen LogP contribution in [0.1, 0.15) is 39.2 Å². The maximum Gasteiger partial charge on any atom is 0.407 e. The molecule has 0 radical (unpaired) electrons. The highest BCUT2D eigenvalue weighted by Crippen LogP contribution is 2.34. The lowest BCUT2D eigenvalue weighted by atomic mass is 9.78. The third-order valence-electron chi connectivity index (χ3n) is 3.56. The van der Waals surface area contributed by atoms with Gasteiger partial charge in [-0.2, -0.15) is 0 Å². The zero-order valence-corrected chi connectivity index (χ0v) is 12.5. The number of amides is 1. The Bertz CT molecular complexity index is 447. The van der Waals surface area contributed by atoms with Crippen LogP contribution >= 0.6 is 0 Å². The van der Waals surface area contributed by atoms with Gasteiger partial charge in [0.25, 0.3) is 0 Å². The summed E-state index contributed by atoms with van der Waals surface area (Å²) >= 11 is 0. The number of hydrogen-bond acceptors (Lipinski definition) is 3. The Morgan fingerprint density at radius 2 is 2.00 bits per heavy atom. The molecule has 0 spiro atoms. The van der Waals surface area contributed by atoms with Gasteiger partial charge in [0.2, 0.25) is 0 Å². The van der Waals surface area contributed by atoms with Crippen LogP contribution in [0.5, 0.6) is 0 Å². The summed E-state index contributed by atoms with van der Waals surface area (Å²) < 4.78 is 5.24. The van der Waals surface area contributed by atoms with Crippen LogP contribution in [0.2, 0.25) is 0 Å². The number of alkyl carbamates (subject to hydrolysis) is 1. The highest BCUT2D eigenvalue weighted by Gasteiger charge is 2.37. The SMILES string of the molecule is CC(C)(C)OC(=O)NCCC1(c2ccccc2)CCN1. The Kier molecular flexibility index (Phi) is 4.33. The standard InChI is InChI=1S/C16H24N2O2/c1-15(2,3)20-14(19)17-11-9-16(10-12-18-16)13-7-5-4-6-8-13/h4-8,18H,9-12H2,1-3H3,(H,17,19). The van der Waals surface area contributed by atoms with Crippen LogP contribution in [-0.4, -0.2) is 24.8 Å². The van der Waals surface area contributed by atoms with Crippen LogP contribution in [0.25, 0.3) is 0 Å². The molecule has 0 aliphatic carbocycles. The first-order chi connectivity index (χ1) is 9.41. The van der Waals surface area contributed by atoms with Gasteiger partial charge in [-0.25, -0.2) is 4.79 Å². The monoisotopic (exact) mass is 276 g/mol. The average Bonchev–Trinajstić information content (AvgIpc) is 2.31. The van der Waals surface area contributed by atoms with Gasteiger partial charge in [0.05, 0.1) is 0 Å². The van der Waals surface area contributed by atoms with Gasteiger partial charge in [-0.05, 0) is 45.7 Å². The largest absolute Gasteiger partial charge is 0.444 e. The van der Waals surface area contributed by atoms with Crippen molar-refractivity contribution in [3.8, 4) is 0 Å². The molecule has 1 saturated heterocycles. The van der Waals surface area contributed by atoms with Gasteiger partial charge < -0.3 is 15.4 Å². The van der Waals surface area contributed by atoms with Crippen molar-refractivity contribution in [3.05, 3.63) is 35.9 Å². The van der Waals surface area contributed by atoms with Crippen LogP contribution in [0.3, 0.4) is 0 Å². The lowest BCUT2D eigenvalue weighted by Crippen LogP contribution is -2.55. The molecule has 1 aliphatic rings. The number of benzene rings is 1. The lowest BCUT2D eigenvalue weighted by molar-refractivity contribution is 0.0517. The van der Waals surface area contributed by atoms with Crippen LogP contribution < -0.4 is 10.6 Å². The molecule has 0 saturated carbocycles. The van der Waals surface area contributed by atoms with Crippen molar-refractivity contribution in [2.75, 3.05) is 13.1 Å². The quantitative estimate of drug-likeness (QED) is 0.889. The van der Waals surface area contributed by atoms with Crippen LogP contribution in [0.4, 0.5) is 4.79 Å². The summed E-state index contributed by atoms with van der Waals surface area (Å²) in [6.45, 7) is 7.24. The van der Waals surface area contributed by atoms with E-state index < -0.39 is 5.60 Å². The summed E-state index contributed by atoms with van der Waals surface area (Å²) in [5, 5.41) is 6.34. The normalized spacial score (nSPS) is 21.9. The molecule has 1 atom stereocenters. The van der Waals surface area contributed by atoms with Crippen molar-refractivity contribution in [2.45, 2.75) is 44.8 Å². The minimum atomic E-state index is -0.448. The van der Waals surface area contributed by atoms with Gasteiger partial charge in [0, 0.05) is 12.1 Å². The summed E-state index contributed by atoms with van der Waals surface area (Å²) in [5.41, 5.74) is 0.851. The third-order valence-corrected chi connectivity index (χ3v) is 3.56. The molecular weight excluding hydrogens is 252 g/mol. The molecule has 1 aromatic rings. The third kappa shape index (κ3) is 3.73. The second-order valence-electron chi connectivity index (χ2n) is 6.30. The molecule has 1 aromatic carbocycles. The second-order valence-corrected chi connectivity index (χ2v) is 6.30. The molecule has 0 aromatic heterocycles. The molecule has 2 rings (SSSR count). The predicted molar refractivity (Wildman–Crippen MR) is 79.6 cm³/mol. The summed E-state index contributed by atoms with van der Waals surface area (Å²) in [7, 11) is 0. The molecule has 0 bridgehead atoms. The Morgan fingerprint density at radius 1 is 1.35 bits per heavy atom. The number of carbonyl (C=O) groups is 1. The number of hydrogen-bond donors (Lipinski definition) is 2. The van der Waals surface area contributed by atoms with E-state index >= 15 is 0 Å². The number of rotatable bonds is 4. The molecule has 1 aliphatic heterocycles. The van der Waals surface area contributed by atoms with Crippen molar-refractivity contribution in [1.82, 2.24) is 10.6 Å². The van der Waals surface area contributed by atoms with Crippen LogP contribution in [0.15, 0.2) is 30.3 Å². The van der Waals surface area contributed by atoms with Gasteiger partial charge in [-0.1, -0.05) is 30.3 Å². The van der Waals surface area contributed by atoms with E-state index in [1.54, 1.807) is 0 Å². The van der Waals surface area contributed by atoms with E-state index in [9.17, 15) is 4.79 Å². The van der Waals surface area contributed by atoms with Gasteiger partial charge in [-0.3, -0.25) is 0 Å². The zero-order chi connectivity index (χ0) is 14.6. The molecule has 4 nitrogen and oxygen atoms in total. The van der Waals surface area contributed by atoms with E-state index in [1.165, 1.54) is 5.56 Å². The Hall–Kier alpha value is -1.55. The molecule has 4 heteroatoms. The second kappa shape index (κ2) is 5.83. The number of ether oxygens (including phenoxy) is 1. The predicted octanol–water partition coefficient (Wildman–Crippen LogP) is 2.79. The van der Waals surface area contributed by atoms with Crippen LogP contribution in [-0.2, 0) is 10.3 Å². The molecule has 1 amide bonds. The summed E-state index contributed by atoms with van der Waals surface area (Å²) in [4.78, 5) is 11.6. The minimum absolute atomic E-state index is 0.0102. The maximum atomic E-state index is 11.6. The first kappa shape index (κ1) is 14.9. The van der Waals surface area contributed by atoms with Gasteiger partial charge in [0.1, 0.15) is 5.60 Å². The van der Waals surface area contributed by atoms with Gasteiger partial charge in [-0.15, -0.1) is 0 Å². The van der Waals surface area contributed by atoms with E-state index in [0.717, 1.165) is 19.4 Å². The first-order valence-electron chi connectivity index (χ1n) is 7.19. The summed E-state index contributed by atoms with van der Waals surface area (Å²) in [6, 6.07) is 10.4. The van der Waals surface area contributed by atoms with E-state index in [2.05, 4.69) is 34.9 Å². The zero-order valence-electron chi connectivity index (χ0n) is 12.5. The molecule has 1 unspecified atom stereocenters. The molecule has 1 fully saturated rings. The first-order valence-corrected chi connectivity index (χ1v) is 7.19. The molecular formula is C16H24N2O2. The Morgan fingerprint density at radius 3 is 2.50 bits per heavy atom. The molecule has 20 heavy (non-hydrogen) atoms. The van der Waals surface area contributed by atoms with E-state index in [4.69, 9.17) is 4.74 Å². The van der Waals surface area contributed by atoms with Crippen molar-refractivity contribution in [2.24, 2.45) is 0 Å².